The van der Waals surface area contributed by atoms with E-state index >= 15 is 0 Å². The van der Waals surface area contributed by atoms with E-state index in [1.54, 1.807) is 13.8 Å². The quantitative estimate of drug-likeness (QED) is 0.608. The second-order valence-electron chi connectivity index (χ2n) is 6.52. The largest absolute Gasteiger partial charge is 0.271 e. The average molecular weight is 314 g/mol. The molecule has 0 aliphatic heterocycles. The SMILES string of the molecule is CC(C)(C(Cc1ccn(C2CCCC2)n1)NN)S(C)(=O)=O. The fourth-order valence-electron chi connectivity index (χ4n) is 2.83. The molecule has 1 aliphatic rings. The number of hydrogen-bond donors (Lipinski definition) is 2. The first-order valence-corrected chi connectivity index (χ1v) is 9.34. The molecule has 0 amide bonds. The summed E-state index contributed by atoms with van der Waals surface area (Å²) in [5.74, 6) is 5.58. The zero-order valence-electron chi connectivity index (χ0n) is 13.0. The lowest BCUT2D eigenvalue weighted by atomic mass is 9.99. The molecular weight excluding hydrogens is 288 g/mol. The molecule has 1 heterocycles. The molecule has 1 unspecified atom stereocenters. The van der Waals surface area contributed by atoms with Crippen LogP contribution < -0.4 is 11.3 Å². The third-order valence-corrected chi connectivity index (χ3v) is 6.97. The molecule has 2 rings (SSSR count). The van der Waals surface area contributed by atoms with Crippen molar-refractivity contribution in [2.75, 3.05) is 6.26 Å². The summed E-state index contributed by atoms with van der Waals surface area (Å²) in [5, 5.41) is 4.60. The molecule has 0 saturated heterocycles. The molecule has 7 heteroatoms. The Labute approximate surface area is 127 Å². The summed E-state index contributed by atoms with van der Waals surface area (Å²) in [7, 11) is -3.22. The highest BCUT2D eigenvalue weighted by atomic mass is 32.2. The van der Waals surface area contributed by atoms with Crippen molar-refractivity contribution >= 4 is 9.84 Å². The van der Waals surface area contributed by atoms with Gasteiger partial charge in [0.05, 0.1) is 16.5 Å². The van der Waals surface area contributed by atoms with Gasteiger partial charge in [0.2, 0.25) is 0 Å². The van der Waals surface area contributed by atoms with Gasteiger partial charge in [-0.15, -0.1) is 0 Å². The molecule has 1 fully saturated rings. The Hall–Kier alpha value is -0.920. The molecule has 1 atom stereocenters. The molecule has 0 bridgehead atoms. The molecule has 120 valence electrons. The summed E-state index contributed by atoms with van der Waals surface area (Å²) >= 11 is 0. The zero-order chi connectivity index (χ0) is 15.7. The molecule has 1 aliphatic carbocycles. The molecule has 3 N–H and O–H groups in total. The predicted molar refractivity (Wildman–Crippen MR) is 83.5 cm³/mol. The maximum Gasteiger partial charge on any atom is 0.154 e. The Balaban J connectivity index is 2.12. The Bertz CT molecular complexity index is 574. The second kappa shape index (κ2) is 6.06. The first-order valence-electron chi connectivity index (χ1n) is 7.45. The van der Waals surface area contributed by atoms with Gasteiger partial charge < -0.3 is 0 Å². The summed E-state index contributed by atoms with van der Waals surface area (Å²) in [4.78, 5) is 0. The molecule has 1 aromatic rings. The van der Waals surface area contributed by atoms with Crippen molar-refractivity contribution < 1.29 is 8.42 Å². The van der Waals surface area contributed by atoms with Crippen molar-refractivity contribution in [1.29, 1.82) is 0 Å². The van der Waals surface area contributed by atoms with Crippen LogP contribution in [0.25, 0.3) is 0 Å². The van der Waals surface area contributed by atoms with E-state index in [1.807, 2.05) is 16.9 Å². The molecule has 0 radical (unpaired) electrons. The number of sulfone groups is 1. The van der Waals surface area contributed by atoms with E-state index in [0.717, 1.165) is 5.69 Å². The van der Waals surface area contributed by atoms with Crippen LogP contribution in [-0.4, -0.2) is 35.2 Å². The number of nitrogens with two attached hydrogens (primary N) is 1. The van der Waals surface area contributed by atoms with E-state index in [4.69, 9.17) is 5.84 Å². The third kappa shape index (κ3) is 3.46. The first kappa shape index (κ1) is 16.5. The molecule has 1 aromatic heterocycles. The minimum absolute atomic E-state index is 0.376. The summed E-state index contributed by atoms with van der Waals surface area (Å²) in [6, 6.07) is 2.08. The Morgan fingerprint density at radius 2 is 2.10 bits per heavy atom. The van der Waals surface area contributed by atoms with Gasteiger partial charge >= 0.3 is 0 Å². The lowest BCUT2D eigenvalue weighted by Crippen LogP contribution is -2.55. The van der Waals surface area contributed by atoms with Crippen LogP contribution >= 0.6 is 0 Å². The summed E-state index contributed by atoms with van der Waals surface area (Å²) in [6.45, 7) is 3.39. The first-order chi connectivity index (χ1) is 9.75. The summed E-state index contributed by atoms with van der Waals surface area (Å²) in [5.41, 5.74) is 3.52. The minimum atomic E-state index is -3.22. The number of hydrazine groups is 1. The maximum atomic E-state index is 11.9. The molecule has 0 aromatic carbocycles. The van der Waals surface area contributed by atoms with Gasteiger partial charge in [0, 0.05) is 24.9 Å². The number of nitrogens with one attached hydrogen (secondary N) is 1. The highest BCUT2D eigenvalue weighted by molar-refractivity contribution is 7.92. The van der Waals surface area contributed by atoms with Crippen LogP contribution in [0.4, 0.5) is 0 Å². The van der Waals surface area contributed by atoms with Gasteiger partial charge in [-0.2, -0.15) is 5.10 Å². The van der Waals surface area contributed by atoms with E-state index in [2.05, 4.69) is 10.5 Å². The Morgan fingerprint density at radius 3 is 2.62 bits per heavy atom. The Morgan fingerprint density at radius 1 is 1.48 bits per heavy atom. The van der Waals surface area contributed by atoms with E-state index in [9.17, 15) is 8.42 Å². The highest BCUT2D eigenvalue weighted by Gasteiger charge is 2.38. The summed E-state index contributed by atoms with van der Waals surface area (Å²) < 4.78 is 24.9. The van der Waals surface area contributed by atoms with Gasteiger partial charge in [-0.3, -0.25) is 16.0 Å². The average Bonchev–Trinajstić information content (AvgIpc) is 3.05. The van der Waals surface area contributed by atoms with Crippen molar-refractivity contribution in [1.82, 2.24) is 15.2 Å². The van der Waals surface area contributed by atoms with Crippen LogP contribution in [-0.2, 0) is 16.3 Å². The minimum Gasteiger partial charge on any atom is -0.271 e. The normalized spacial score (nSPS) is 19.0. The van der Waals surface area contributed by atoms with Crippen molar-refractivity contribution in [3.8, 4) is 0 Å². The highest BCUT2D eigenvalue weighted by Crippen LogP contribution is 2.29. The number of nitrogens with zero attached hydrogens (tertiary/aromatic N) is 2. The zero-order valence-corrected chi connectivity index (χ0v) is 13.9. The number of rotatable bonds is 6. The van der Waals surface area contributed by atoms with Crippen LogP contribution in [0.15, 0.2) is 12.3 Å². The van der Waals surface area contributed by atoms with Crippen molar-refractivity contribution in [2.45, 2.75) is 62.8 Å². The van der Waals surface area contributed by atoms with Crippen LogP contribution in [0.1, 0.15) is 51.3 Å². The molecular formula is C14H26N4O2S. The van der Waals surface area contributed by atoms with E-state index in [-0.39, 0.29) is 6.04 Å². The number of hydrogen-bond acceptors (Lipinski definition) is 5. The van der Waals surface area contributed by atoms with Gasteiger partial charge in [0.25, 0.3) is 0 Å². The van der Waals surface area contributed by atoms with Crippen molar-refractivity contribution in [3.63, 3.8) is 0 Å². The molecule has 1 saturated carbocycles. The third-order valence-electron chi connectivity index (χ3n) is 4.77. The standard InChI is InChI=1S/C14H26N4O2S/c1-14(2,21(3,19)20)13(16-15)10-11-8-9-18(17-11)12-6-4-5-7-12/h8-9,12-13,16H,4-7,10,15H2,1-3H3. The topological polar surface area (TPSA) is 90.0 Å². The van der Waals surface area contributed by atoms with Gasteiger partial charge in [-0.05, 0) is 32.8 Å². The summed E-state index contributed by atoms with van der Waals surface area (Å²) in [6.07, 6.45) is 8.60. The van der Waals surface area contributed by atoms with Crippen molar-refractivity contribution in [3.05, 3.63) is 18.0 Å². The van der Waals surface area contributed by atoms with Crippen LogP contribution in [0.3, 0.4) is 0 Å². The smallest absolute Gasteiger partial charge is 0.154 e. The number of aromatic nitrogens is 2. The van der Waals surface area contributed by atoms with E-state index in [1.165, 1.54) is 31.9 Å². The molecule has 6 nitrogen and oxygen atoms in total. The van der Waals surface area contributed by atoms with Crippen LogP contribution in [0.2, 0.25) is 0 Å². The maximum absolute atomic E-state index is 11.9. The van der Waals surface area contributed by atoms with Gasteiger partial charge in [-0.1, -0.05) is 12.8 Å². The lowest BCUT2D eigenvalue weighted by molar-refractivity contribution is 0.404. The monoisotopic (exact) mass is 314 g/mol. The molecule has 21 heavy (non-hydrogen) atoms. The predicted octanol–water partition coefficient (Wildman–Crippen LogP) is 1.20. The van der Waals surface area contributed by atoms with Gasteiger partial charge in [-0.25, -0.2) is 8.42 Å². The van der Waals surface area contributed by atoms with Gasteiger partial charge in [0.15, 0.2) is 9.84 Å². The molecule has 0 spiro atoms. The van der Waals surface area contributed by atoms with E-state index in [0.29, 0.717) is 12.5 Å². The van der Waals surface area contributed by atoms with Crippen molar-refractivity contribution in [2.24, 2.45) is 5.84 Å². The fraction of sp³-hybridized carbons (Fsp3) is 0.786. The van der Waals surface area contributed by atoms with Crippen LogP contribution in [0.5, 0.6) is 0 Å². The van der Waals surface area contributed by atoms with Gasteiger partial charge in [0.1, 0.15) is 0 Å². The van der Waals surface area contributed by atoms with Crippen LogP contribution in [0, 0.1) is 0 Å². The lowest BCUT2D eigenvalue weighted by Gasteiger charge is -2.31. The second-order valence-corrected chi connectivity index (χ2v) is 9.12. The van der Waals surface area contributed by atoms with E-state index < -0.39 is 14.6 Å². The Kier molecular flexibility index (Phi) is 4.75. The fourth-order valence-corrected chi connectivity index (χ4v) is 3.50.